The van der Waals surface area contributed by atoms with E-state index in [1.54, 1.807) is 17.8 Å². The van der Waals surface area contributed by atoms with Crippen LogP contribution in [0.5, 0.6) is 0 Å². The molecule has 130 valence electrons. The highest BCUT2D eigenvalue weighted by Gasteiger charge is 2.08. The fraction of sp³-hybridized carbons (Fsp3) is 0.353. The molecule has 0 aromatic heterocycles. The molecule has 1 aromatic carbocycles. The molecule has 3 amide bonds. The zero-order valence-corrected chi connectivity index (χ0v) is 14.7. The summed E-state index contributed by atoms with van der Waals surface area (Å²) in [7, 11) is 0. The number of urea groups is 1. The van der Waals surface area contributed by atoms with Crippen LogP contribution < -0.4 is 10.6 Å². The topological polar surface area (TPSA) is 84.5 Å². The highest BCUT2D eigenvalue weighted by atomic mass is 32.2. The predicted molar refractivity (Wildman–Crippen MR) is 94.7 cm³/mol. The van der Waals surface area contributed by atoms with Crippen molar-refractivity contribution < 1.29 is 19.1 Å². The first-order valence-corrected chi connectivity index (χ1v) is 8.84. The van der Waals surface area contributed by atoms with Gasteiger partial charge in [-0.3, -0.25) is 10.1 Å². The Kier molecular flexibility index (Phi) is 9.29. The molecule has 0 atom stereocenters. The number of carbonyl (C=O) groups is 3. The standard InChI is InChI=1S/C17H22N2O4S/c1-3-4-11-18-17(22)19-15(20)12-23-16(21)10-7-13-5-8-14(24-2)9-6-13/h5-10H,3-4,11-12H2,1-2H3,(H2,18,19,20,22)/b10-7+. The quantitative estimate of drug-likeness (QED) is 0.326. The van der Waals surface area contributed by atoms with Gasteiger partial charge in [0.05, 0.1) is 0 Å². The fourth-order valence-electron chi connectivity index (χ4n) is 1.65. The summed E-state index contributed by atoms with van der Waals surface area (Å²) in [6.45, 7) is 1.98. The Labute approximate surface area is 146 Å². The molecule has 1 aromatic rings. The average Bonchev–Trinajstić information content (AvgIpc) is 2.58. The van der Waals surface area contributed by atoms with Crippen molar-refractivity contribution in [1.29, 1.82) is 0 Å². The summed E-state index contributed by atoms with van der Waals surface area (Å²) >= 11 is 1.63. The van der Waals surface area contributed by atoms with Gasteiger partial charge in [-0.05, 0) is 36.4 Å². The zero-order valence-electron chi connectivity index (χ0n) is 13.8. The summed E-state index contributed by atoms with van der Waals surface area (Å²) in [4.78, 5) is 35.5. The number of ether oxygens (including phenoxy) is 1. The Hall–Kier alpha value is -2.28. The molecule has 0 aliphatic rings. The lowest BCUT2D eigenvalue weighted by atomic mass is 10.2. The van der Waals surface area contributed by atoms with Crippen molar-refractivity contribution in [1.82, 2.24) is 10.6 Å². The fourth-order valence-corrected chi connectivity index (χ4v) is 2.06. The van der Waals surface area contributed by atoms with Crippen molar-refractivity contribution in [2.75, 3.05) is 19.4 Å². The van der Waals surface area contributed by atoms with Gasteiger partial charge in [-0.1, -0.05) is 25.5 Å². The lowest BCUT2D eigenvalue weighted by Crippen LogP contribution is -2.41. The molecule has 0 saturated heterocycles. The van der Waals surface area contributed by atoms with Gasteiger partial charge in [0, 0.05) is 17.5 Å². The van der Waals surface area contributed by atoms with E-state index >= 15 is 0 Å². The van der Waals surface area contributed by atoms with E-state index in [4.69, 9.17) is 4.74 Å². The molecule has 0 saturated carbocycles. The van der Waals surface area contributed by atoms with Crippen LogP contribution in [0.3, 0.4) is 0 Å². The van der Waals surface area contributed by atoms with Crippen LogP contribution in [0.15, 0.2) is 35.2 Å². The molecule has 0 bridgehead atoms. The monoisotopic (exact) mass is 350 g/mol. The molecule has 0 heterocycles. The molecule has 0 unspecified atom stereocenters. The van der Waals surface area contributed by atoms with Gasteiger partial charge in [0.25, 0.3) is 5.91 Å². The SMILES string of the molecule is CCCCNC(=O)NC(=O)COC(=O)/C=C/c1ccc(SC)cc1. The second-order valence-corrected chi connectivity index (χ2v) is 5.75. The maximum atomic E-state index is 11.5. The molecule has 0 spiro atoms. The van der Waals surface area contributed by atoms with Gasteiger partial charge in [0.2, 0.25) is 0 Å². The minimum Gasteiger partial charge on any atom is -0.452 e. The first kappa shape index (κ1) is 19.8. The first-order chi connectivity index (χ1) is 11.5. The molecule has 0 radical (unpaired) electrons. The maximum Gasteiger partial charge on any atom is 0.331 e. The Bertz CT molecular complexity index is 585. The van der Waals surface area contributed by atoms with E-state index in [0.29, 0.717) is 6.54 Å². The molecule has 0 aliphatic carbocycles. The van der Waals surface area contributed by atoms with Crippen molar-refractivity contribution in [3.63, 3.8) is 0 Å². The van der Waals surface area contributed by atoms with Crippen LogP contribution in [0.1, 0.15) is 25.3 Å². The summed E-state index contributed by atoms with van der Waals surface area (Å²) in [6, 6.07) is 7.06. The Balaban J connectivity index is 2.30. The van der Waals surface area contributed by atoms with Gasteiger partial charge >= 0.3 is 12.0 Å². The number of nitrogens with one attached hydrogen (secondary N) is 2. The Morgan fingerprint density at radius 1 is 1.21 bits per heavy atom. The van der Waals surface area contributed by atoms with Gasteiger partial charge < -0.3 is 10.1 Å². The number of amides is 3. The predicted octanol–water partition coefficient (Wildman–Crippen LogP) is 2.59. The molecule has 6 nitrogen and oxygen atoms in total. The first-order valence-electron chi connectivity index (χ1n) is 7.61. The number of hydrogen-bond donors (Lipinski definition) is 2. The van der Waals surface area contributed by atoms with Crippen LogP contribution in [-0.4, -0.2) is 37.3 Å². The second-order valence-electron chi connectivity index (χ2n) is 4.87. The Morgan fingerprint density at radius 3 is 2.54 bits per heavy atom. The van der Waals surface area contributed by atoms with E-state index in [1.807, 2.05) is 37.4 Å². The van der Waals surface area contributed by atoms with E-state index in [9.17, 15) is 14.4 Å². The third-order valence-electron chi connectivity index (χ3n) is 2.94. The second kappa shape index (κ2) is 11.3. The summed E-state index contributed by atoms with van der Waals surface area (Å²) in [5, 5.41) is 4.62. The number of thioether (sulfide) groups is 1. The van der Waals surface area contributed by atoms with Crippen molar-refractivity contribution in [2.24, 2.45) is 0 Å². The number of imide groups is 1. The van der Waals surface area contributed by atoms with Crippen molar-refractivity contribution >= 4 is 35.7 Å². The van der Waals surface area contributed by atoms with Gasteiger partial charge in [-0.15, -0.1) is 11.8 Å². The lowest BCUT2D eigenvalue weighted by Gasteiger charge is -2.06. The van der Waals surface area contributed by atoms with E-state index in [-0.39, 0.29) is 0 Å². The summed E-state index contributed by atoms with van der Waals surface area (Å²) in [5.41, 5.74) is 0.851. The number of hydrogen-bond acceptors (Lipinski definition) is 5. The van der Waals surface area contributed by atoms with Crippen LogP contribution in [0.25, 0.3) is 6.08 Å². The summed E-state index contributed by atoms with van der Waals surface area (Å²) < 4.78 is 4.78. The third-order valence-corrected chi connectivity index (χ3v) is 3.69. The van der Waals surface area contributed by atoms with Crippen molar-refractivity contribution in [3.8, 4) is 0 Å². The highest BCUT2D eigenvalue weighted by molar-refractivity contribution is 7.98. The zero-order chi connectivity index (χ0) is 17.8. The van der Waals surface area contributed by atoms with Crippen LogP contribution >= 0.6 is 11.8 Å². The minimum absolute atomic E-state index is 0.494. The third kappa shape index (κ3) is 8.38. The smallest absolute Gasteiger partial charge is 0.331 e. The van der Waals surface area contributed by atoms with Crippen molar-refractivity contribution in [3.05, 3.63) is 35.9 Å². The van der Waals surface area contributed by atoms with E-state index in [0.717, 1.165) is 23.3 Å². The molecular weight excluding hydrogens is 328 g/mol. The number of esters is 1. The molecule has 0 fully saturated rings. The largest absolute Gasteiger partial charge is 0.452 e. The van der Waals surface area contributed by atoms with Crippen molar-refractivity contribution in [2.45, 2.75) is 24.7 Å². The maximum absolute atomic E-state index is 11.5. The normalized spacial score (nSPS) is 10.4. The highest BCUT2D eigenvalue weighted by Crippen LogP contribution is 2.15. The Morgan fingerprint density at radius 2 is 1.92 bits per heavy atom. The number of unbranched alkanes of at least 4 members (excludes halogenated alkanes) is 1. The molecule has 7 heteroatoms. The van der Waals surface area contributed by atoms with E-state index < -0.39 is 24.5 Å². The minimum atomic E-state index is -0.671. The number of benzene rings is 1. The van der Waals surface area contributed by atoms with E-state index in [1.165, 1.54) is 6.08 Å². The van der Waals surface area contributed by atoms with Gasteiger partial charge in [0.1, 0.15) is 0 Å². The summed E-state index contributed by atoms with van der Waals surface area (Å²) in [6.07, 6.45) is 6.60. The molecule has 24 heavy (non-hydrogen) atoms. The molecule has 0 aliphatic heterocycles. The molecule has 1 rings (SSSR count). The molecule has 2 N–H and O–H groups in total. The van der Waals surface area contributed by atoms with Crippen LogP contribution in [0.2, 0.25) is 0 Å². The number of rotatable bonds is 8. The summed E-state index contributed by atoms with van der Waals surface area (Å²) in [5.74, 6) is -1.32. The van der Waals surface area contributed by atoms with Crippen LogP contribution in [0.4, 0.5) is 4.79 Å². The number of carbonyl (C=O) groups excluding carboxylic acids is 3. The average molecular weight is 350 g/mol. The molecular formula is C17H22N2O4S. The van der Waals surface area contributed by atoms with Gasteiger partial charge in [0.15, 0.2) is 6.61 Å². The van der Waals surface area contributed by atoms with E-state index in [2.05, 4.69) is 10.6 Å². The lowest BCUT2D eigenvalue weighted by molar-refractivity contribution is -0.143. The van der Waals surface area contributed by atoms with Crippen LogP contribution in [0, 0.1) is 0 Å². The van der Waals surface area contributed by atoms with Gasteiger partial charge in [-0.25, -0.2) is 9.59 Å². The van der Waals surface area contributed by atoms with Crippen LogP contribution in [-0.2, 0) is 14.3 Å². The van der Waals surface area contributed by atoms with Gasteiger partial charge in [-0.2, -0.15) is 0 Å².